The Balaban J connectivity index is 2.37. The molecule has 1 rings (SSSR count). The Bertz CT molecular complexity index is 175. The van der Waals surface area contributed by atoms with Crippen LogP contribution in [0.2, 0.25) is 0 Å². The van der Waals surface area contributed by atoms with E-state index in [1.54, 1.807) is 7.11 Å². The van der Waals surface area contributed by atoms with Gasteiger partial charge in [-0.15, -0.1) is 0 Å². The van der Waals surface area contributed by atoms with E-state index in [9.17, 15) is 0 Å². The van der Waals surface area contributed by atoms with Gasteiger partial charge in [-0.25, -0.2) is 0 Å². The van der Waals surface area contributed by atoms with Crippen LogP contribution in [0.3, 0.4) is 0 Å². The summed E-state index contributed by atoms with van der Waals surface area (Å²) < 4.78 is 5.14. The zero-order valence-corrected chi connectivity index (χ0v) is 11.2. The van der Waals surface area contributed by atoms with Crippen LogP contribution in [-0.4, -0.2) is 50.3 Å². The number of nitrogens with zero attached hydrogens (tertiary/aromatic N) is 1. The predicted octanol–water partition coefficient (Wildman–Crippen LogP) is 1.88. The summed E-state index contributed by atoms with van der Waals surface area (Å²) in [4.78, 5) is 2.66. The molecular weight excluding hydrogens is 200 g/mol. The van der Waals surface area contributed by atoms with Crippen LogP contribution in [-0.2, 0) is 4.74 Å². The molecule has 1 fully saturated rings. The molecule has 0 radical (unpaired) electrons. The minimum Gasteiger partial charge on any atom is -0.385 e. The molecule has 1 aliphatic rings. The molecule has 0 aromatic heterocycles. The molecule has 1 saturated heterocycles. The van der Waals surface area contributed by atoms with Crippen molar-refractivity contribution < 1.29 is 4.74 Å². The Morgan fingerprint density at radius 1 is 1.38 bits per heavy atom. The van der Waals surface area contributed by atoms with Gasteiger partial charge < -0.3 is 10.1 Å². The van der Waals surface area contributed by atoms with E-state index in [2.05, 4.69) is 24.1 Å². The van der Waals surface area contributed by atoms with E-state index in [0.717, 1.165) is 19.1 Å². The highest BCUT2D eigenvalue weighted by molar-refractivity contribution is 4.85. The molecule has 0 aromatic carbocycles. The van der Waals surface area contributed by atoms with Crippen molar-refractivity contribution in [3.8, 4) is 0 Å². The third kappa shape index (κ3) is 4.40. The summed E-state index contributed by atoms with van der Waals surface area (Å²) >= 11 is 0. The minimum absolute atomic E-state index is 0.690. The van der Waals surface area contributed by atoms with Crippen molar-refractivity contribution in [1.29, 1.82) is 0 Å². The van der Waals surface area contributed by atoms with Gasteiger partial charge in [0.15, 0.2) is 0 Å². The molecule has 3 nitrogen and oxygen atoms in total. The van der Waals surface area contributed by atoms with E-state index in [0.29, 0.717) is 6.04 Å². The molecule has 1 heterocycles. The lowest BCUT2D eigenvalue weighted by molar-refractivity contribution is 0.103. The van der Waals surface area contributed by atoms with E-state index < -0.39 is 0 Å². The zero-order chi connectivity index (χ0) is 11.8. The molecular formula is C13H28N2O. The fraction of sp³-hybridized carbons (Fsp3) is 1.00. The molecule has 0 aliphatic carbocycles. The Morgan fingerprint density at radius 3 is 2.81 bits per heavy atom. The standard InChI is InChI=1S/C13H28N2O/c1-4-7-13-10-14-12(5-2)11-15(13)8-6-9-16-3/h12-14H,4-11H2,1-3H3. The summed E-state index contributed by atoms with van der Waals surface area (Å²) in [5.74, 6) is 0. The first kappa shape index (κ1) is 13.9. The molecule has 0 aromatic rings. The van der Waals surface area contributed by atoms with Gasteiger partial charge in [0.1, 0.15) is 0 Å². The quantitative estimate of drug-likeness (QED) is 0.673. The fourth-order valence-corrected chi connectivity index (χ4v) is 2.51. The van der Waals surface area contributed by atoms with Crippen molar-refractivity contribution in [2.24, 2.45) is 0 Å². The summed E-state index contributed by atoms with van der Waals surface area (Å²) in [6, 6.07) is 1.43. The van der Waals surface area contributed by atoms with E-state index >= 15 is 0 Å². The monoisotopic (exact) mass is 228 g/mol. The summed E-state index contributed by atoms with van der Waals surface area (Å²) in [7, 11) is 1.79. The van der Waals surface area contributed by atoms with Gasteiger partial charge in [-0.1, -0.05) is 20.3 Å². The first-order valence-corrected chi connectivity index (χ1v) is 6.78. The van der Waals surface area contributed by atoms with E-state index in [1.807, 2.05) is 0 Å². The van der Waals surface area contributed by atoms with Crippen LogP contribution in [0.5, 0.6) is 0 Å². The average molecular weight is 228 g/mol. The third-order valence-corrected chi connectivity index (χ3v) is 3.52. The summed E-state index contributed by atoms with van der Waals surface area (Å²) in [6.45, 7) is 9.00. The van der Waals surface area contributed by atoms with E-state index in [-0.39, 0.29) is 0 Å². The maximum atomic E-state index is 5.14. The largest absolute Gasteiger partial charge is 0.385 e. The molecule has 1 N–H and O–H groups in total. The van der Waals surface area contributed by atoms with Crippen molar-refractivity contribution in [2.45, 2.75) is 51.6 Å². The van der Waals surface area contributed by atoms with Crippen LogP contribution in [0.4, 0.5) is 0 Å². The molecule has 0 saturated carbocycles. The van der Waals surface area contributed by atoms with Crippen LogP contribution in [0.1, 0.15) is 39.5 Å². The maximum Gasteiger partial charge on any atom is 0.0474 e. The predicted molar refractivity (Wildman–Crippen MR) is 68.8 cm³/mol. The normalized spacial score (nSPS) is 27.2. The van der Waals surface area contributed by atoms with E-state index in [4.69, 9.17) is 4.74 Å². The van der Waals surface area contributed by atoms with Gasteiger partial charge in [0.2, 0.25) is 0 Å². The van der Waals surface area contributed by atoms with Crippen LogP contribution >= 0.6 is 0 Å². The van der Waals surface area contributed by atoms with Gasteiger partial charge in [-0.3, -0.25) is 4.90 Å². The Kier molecular flexibility index (Phi) is 7.01. The van der Waals surface area contributed by atoms with Gasteiger partial charge in [-0.05, 0) is 19.3 Å². The lowest BCUT2D eigenvalue weighted by Crippen LogP contribution is -2.56. The number of piperazine rings is 1. The molecule has 0 spiro atoms. The first-order chi connectivity index (χ1) is 7.81. The zero-order valence-electron chi connectivity index (χ0n) is 11.2. The smallest absolute Gasteiger partial charge is 0.0474 e. The van der Waals surface area contributed by atoms with Crippen molar-refractivity contribution in [1.82, 2.24) is 10.2 Å². The number of hydrogen-bond acceptors (Lipinski definition) is 3. The fourth-order valence-electron chi connectivity index (χ4n) is 2.51. The number of methoxy groups -OCH3 is 1. The van der Waals surface area contributed by atoms with Gasteiger partial charge in [0.05, 0.1) is 0 Å². The second kappa shape index (κ2) is 8.04. The summed E-state index contributed by atoms with van der Waals surface area (Å²) in [5, 5.41) is 3.65. The number of hydrogen-bond donors (Lipinski definition) is 1. The molecule has 2 atom stereocenters. The first-order valence-electron chi connectivity index (χ1n) is 6.78. The molecule has 0 amide bonds. The SMILES string of the molecule is CCCC1CNC(CC)CN1CCCOC. The summed E-state index contributed by atoms with van der Waals surface area (Å²) in [5.41, 5.74) is 0. The molecule has 1 aliphatic heterocycles. The van der Waals surface area contributed by atoms with Crippen LogP contribution in [0.25, 0.3) is 0 Å². The van der Waals surface area contributed by atoms with Gasteiger partial charge >= 0.3 is 0 Å². The Hall–Kier alpha value is -0.120. The second-order valence-corrected chi connectivity index (χ2v) is 4.80. The summed E-state index contributed by atoms with van der Waals surface area (Å²) in [6.07, 6.45) is 4.99. The lowest BCUT2D eigenvalue weighted by atomic mass is 10.0. The Morgan fingerprint density at radius 2 is 2.19 bits per heavy atom. The highest BCUT2D eigenvalue weighted by atomic mass is 16.5. The number of nitrogens with one attached hydrogen (secondary N) is 1. The van der Waals surface area contributed by atoms with Crippen LogP contribution < -0.4 is 5.32 Å². The maximum absolute atomic E-state index is 5.14. The lowest BCUT2D eigenvalue weighted by Gasteiger charge is -2.40. The van der Waals surface area contributed by atoms with Crippen molar-refractivity contribution in [3.05, 3.63) is 0 Å². The van der Waals surface area contributed by atoms with Crippen molar-refractivity contribution in [2.75, 3.05) is 33.4 Å². The molecule has 16 heavy (non-hydrogen) atoms. The van der Waals surface area contributed by atoms with E-state index in [1.165, 1.54) is 38.9 Å². The van der Waals surface area contributed by atoms with Gasteiger partial charge in [-0.2, -0.15) is 0 Å². The second-order valence-electron chi connectivity index (χ2n) is 4.80. The molecule has 0 bridgehead atoms. The molecule has 96 valence electrons. The van der Waals surface area contributed by atoms with Crippen molar-refractivity contribution in [3.63, 3.8) is 0 Å². The van der Waals surface area contributed by atoms with Gasteiger partial charge in [0.25, 0.3) is 0 Å². The average Bonchev–Trinajstić information content (AvgIpc) is 2.31. The molecule has 2 unspecified atom stereocenters. The minimum atomic E-state index is 0.690. The third-order valence-electron chi connectivity index (χ3n) is 3.52. The topological polar surface area (TPSA) is 24.5 Å². The van der Waals surface area contributed by atoms with Crippen molar-refractivity contribution >= 4 is 0 Å². The van der Waals surface area contributed by atoms with Gasteiger partial charge in [0, 0.05) is 45.4 Å². The highest BCUT2D eigenvalue weighted by Crippen LogP contribution is 2.14. The van der Waals surface area contributed by atoms with Crippen LogP contribution in [0, 0.1) is 0 Å². The molecule has 3 heteroatoms. The highest BCUT2D eigenvalue weighted by Gasteiger charge is 2.25. The number of ether oxygens (including phenoxy) is 1. The number of rotatable bonds is 7. The van der Waals surface area contributed by atoms with Crippen LogP contribution in [0.15, 0.2) is 0 Å². The Labute approximate surface area is 101 Å².